The number of para-hydroxylation sites is 4. The molecule has 3 aromatic heterocycles. The van der Waals surface area contributed by atoms with Gasteiger partial charge < -0.3 is 8.98 Å². The summed E-state index contributed by atoms with van der Waals surface area (Å²) in [5, 5.41) is 4.52. The van der Waals surface area contributed by atoms with Crippen molar-refractivity contribution in [1.29, 1.82) is 0 Å². The molecule has 0 saturated carbocycles. The first kappa shape index (κ1) is 23.4. The van der Waals surface area contributed by atoms with Crippen LogP contribution >= 0.6 is 0 Å². The molecule has 194 valence electrons. The lowest BCUT2D eigenvalue weighted by molar-refractivity contribution is 0.667. The normalized spacial score (nSPS) is 11.6. The summed E-state index contributed by atoms with van der Waals surface area (Å²) in [6.45, 7) is 6.14. The summed E-state index contributed by atoms with van der Waals surface area (Å²) in [6.07, 6.45) is 0. The lowest BCUT2D eigenvalue weighted by Gasteiger charge is -2.09. The van der Waals surface area contributed by atoms with Crippen LogP contribution in [0.1, 0.15) is 12.6 Å². The zero-order valence-corrected chi connectivity index (χ0v) is 22.5. The van der Waals surface area contributed by atoms with Crippen molar-refractivity contribution in [1.82, 2.24) is 14.5 Å². The Morgan fingerprint density at radius 1 is 0.634 bits per heavy atom. The zero-order valence-electron chi connectivity index (χ0n) is 22.5. The highest BCUT2D eigenvalue weighted by atomic mass is 16.3. The van der Waals surface area contributed by atoms with Crippen molar-refractivity contribution in [2.45, 2.75) is 6.92 Å². The molecule has 8 aromatic rings. The number of aromatic nitrogens is 3. The fourth-order valence-electron chi connectivity index (χ4n) is 5.88. The van der Waals surface area contributed by atoms with Gasteiger partial charge in [0.05, 0.1) is 33.7 Å². The molecule has 4 nitrogen and oxygen atoms in total. The third-order valence-electron chi connectivity index (χ3n) is 7.80. The van der Waals surface area contributed by atoms with E-state index in [0.717, 1.165) is 66.7 Å². The number of furan rings is 1. The molecule has 41 heavy (non-hydrogen) atoms. The molecule has 0 saturated heterocycles. The molecular formula is C37H25N3O. The number of nitrogens with zero attached hydrogens (tertiary/aromatic N) is 3. The smallest absolute Gasteiger partial charge is 0.164 e. The van der Waals surface area contributed by atoms with Gasteiger partial charge in [0.25, 0.3) is 0 Å². The Labute approximate surface area is 236 Å². The minimum atomic E-state index is 0.618. The summed E-state index contributed by atoms with van der Waals surface area (Å²) < 4.78 is 9.12. The largest absolute Gasteiger partial charge is 0.453 e. The average Bonchev–Trinajstić information content (AvgIpc) is 3.57. The van der Waals surface area contributed by atoms with Gasteiger partial charge in [-0.25, -0.2) is 9.97 Å². The molecule has 0 aliphatic carbocycles. The van der Waals surface area contributed by atoms with E-state index < -0.39 is 0 Å². The van der Waals surface area contributed by atoms with Gasteiger partial charge in [-0.05, 0) is 42.8 Å². The van der Waals surface area contributed by atoms with Crippen molar-refractivity contribution in [2.75, 3.05) is 0 Å². The van der Waals surface area contributed by atoms with Crippen LogP contribution in [0.3, 0.4) is 0 Å². The first-order valence-electron chi connectivity index (χ1n) is 13.7. The fraction of sp³-hybridized carbons (Fsp3) is 0.0270. The minimum absolute atomic E-state index is 0.618. The highest BCUT2D eigenvalue weighted by molar-refractivity contribution is 6.14. The molecule has 0 aliphatic heterocycles. The number of hydrogen-bond donors (Lipinski definition) is 0. The minimum Gasteiger partial charge on any atom is -0.453 e. The molecule has 4 heteroatoms. The van der Waals surface area contributed by atoms with Crippen LogP contribution in [0.4, 0.5) is 0 Å². The summed E-state index contributed by atoms with van der Waals surface area (Å²) in [6, 6.07) is 41.8. The van der Waals surface area contributed by atoms with Crippen molar-refractivity contribution in [3.63, 3.8) is 0 Å². The van der Waals surface area contributed by atoms with Crippen molar-refractivity contribution >= 4 is 49.3 Å². The highest BCUT2D eigenvalue weighted by Gasteiger charge is 2.20. The van der Waals surface area contributed by atoms with E-state index in [1.54, 1.807) is 0 Å². The lowest BCUT2D eigenvalue weighted by atomic mass is 10.1. The Balaban J connectivity index is 1.41. The van der Waals surface area contributed by atoms with Crippen molar-refractivity contribution < 1.29 is 4.42 Å². The van der Waals surface area contributed by atoms with Gasteiger partial charge in [0, 0.05) is 27.1 Å². The van der Waals surface area contributed by atoms with E-state index in [-0.39, 0.29) is 0 Å². The fourth-order valence-corrected chi connectivity index (χ4v) is 5.88. The predicted molar refractivity (Wildman–Crippen MR) is 169 cm³/mol. The maximum Gasteiger partial charge on any atom is 0.164 e. The molecule has 0 aliphatic rings. The van der Waals surface area contributed by atoms with E-state index in [4.69, 9.17) is 14.4 Å². The molecule has 8 rings (SSSR count). The van der Waals surface area contributed by atoms with Crippen LogP contribution in [0.15, 0.2) is 132 Å². The van der Waals surface area contributed by atoms with E-state index in [1.165, 1.54) is 10.8 Å². The standard InChI is InChI=1S/C37H25N3O/c1-23(2)30-22-31(24-12-4-3-5-13-24)39-37(38-30)29-18-10-16-27-28-17-11-21-34(36(28)41-35(27)29)40-32-19-8-6-14-25(32)26-15-7-9-20-33(26)40/h3-22H,1H2,2H3. The molecule has 0 spiro atoms. The monoisotopic (exact) mass is 527 g/mol. The summed E-state index contributed by atoms with van der Waals surface area (Å²) in [5.41, 5.74) is 9.34. The second kappa shape index (κ2) is 9.04. The second-order valence-electron chi connectivity index (χ2n) is 10.4. The lowest BCUT2D eigenvalue weighted by Crippen LogP contribution is -1.97. The molecule has 5 aromatic carbocycles. The summed E-state index contributed by atoms with van der Waals surface area (Å²) >= 11 is 0. The van der Waals surface area contributed by atoms with Crippen LogP contribution in [0, 0.1) is 0 Å². The molecule has 0 unspecified atom stereocenters. The summed E-state index contributed by atoms with van der Waals surface area (Å²) in [4.78, 5) is 9.94. The Bertz CT molecular complexity index is 2240. The van der Waals surface area contributed by atoms with E-state index >= 15 is 0 Å². The van der Waals surface area contributed by atoms with E-state index in [2.05, 4.69) is 102 Å². The third-order valence-corrected chi connectivity index (χ3v) is 7.80. The first-order valence-corrected chi connectivity index (χ1v) is 13.7. The van der Waals surface area contributed by atoms with Gasteiger partial charge in [-0.15, -0.1) is 0 Å². The first-order chi connectivity index (χ1) is 20.2. The number of allylic oxidation sites excluding steroid dienone is 1. The Morgan fingerprint density at radius 2 is 1.24 bits per heavy atom. The van der Waals surface area contributed by atoms with Gasteiger partial charge in [0.15, 0.2) is 11.4 Å². The van der Waals surface area contributed by atoms with Crippen LogP contribution in [0.5, 0.6) is 0 Å². The molecule has 0 N–H and O–H groups in total. The molecule has 3 heterocycles. The zero-order chi connectivity index (χ0) is 27.5. The van der Waals surface area contributed by atoms with Crippen LogP contribution in [0.25, 0.3) is 77.7 Å². The average molecular weight is 528 g/mol. The van der Waals surface area contributed by atoms with Gasteiger partial charge >= 0.3 is 0 Å². The molecule has 0 radical (unpaired) electrons. The van der Waals surface area contributed by atoms with Gasteiger partial charge in [-0.3, -0.25) is 0 Å². The maximum absolute atomic E-state index is 6.81. The van der Waals surface area contributed by atoms with Crippen LogP contribution in [-0.4, -0.2) is 14.5 Å². The maximum atomic E-state index is 6.81. The summed E-state index contributed by atoms with van der Waals surface area (Å²) in [7, 11) is 0. The highest BCUT2D eigenvalue weighted by Crippen LogP contribution is 2.40. The molecular weight excluding hydrogens is 502 g/mol. The quantitative estimate of drug-likeness (QED) is 0.229. The van der Waals surface area contributed by atoms with Crippen LogP contribution in [0.2, 0.25) is 0 Å². The van der Waals surface area contributed by atoms with Gasteiger partial charge in [-0.1, -0.05) is 97.6 Å². The van der Waals surface area contributed by atoms with Gasteiger partial charge in [0.2, 0.25) is 0 Å². The second-order valence-corrected chi connectivity index (χ2v) is 10.4. The van der Waals surface area contributed by atoms with Crippen molar-refractivity contribution in [2.24, 2.45) is 0 Å². The number of rotatable bonds is 4. The van der Waals surface area contributed by atoms with E-state index in [9.17, 15) is 0 Å². The Hall–Kier alpha value is -5.48. The number of hydrogen-bond acceptors (Lipinski definition) is 3. The van der Waals surface area contributed by atoms with Gasteiger partial charge in [-0.2, -0.15) is 0 Å². The number of fused-ring (bicyclic) bond motifs is 6. The van der Waals surface area contributed by atoms with Gasteiger partial charge in [0.1, 0.15) is 5.58 Å². The summed E-state index contributed by atoms with van der Waals surface area (Å²) in [5.74, 6) is 0.618. The SMILES string of the molecule is C=C(C)c1cc(-c2ccccc2)nc(-c2cccc3c2oc2c(-n4c5ccccc5c5ccccc54)cccc23)n1. The van der Waals surface area contributed by atoms with E-state index in [1.807, 2.05) is 37.3 Å². The molecule has 0 amide bonds. The topological polar surface area (TPSA) is 43.9 Å². The Morgan fingerprint density at radius 3 is 1.95 bits per heavy atom. The van der Waals surface area contributed by atoms with E-state index in [0.29, 0.717) is 5.82 Å². The van der Waals surface area contributed by atoms with Crippen LogP contribution < -0.4 is 0 Å². The number of benzene rings is 5. The van der Waals surface area contributed by atoms with Crippen molar-refractivity contribution in [3.8, 4) is 28.3 Å². The molecule has 0 bridgehead atoms. The van der Waals surface area contributed by atoms with Crippen molar-refractivity contribution in [3.05, 3.63) is 134 Å². The molecule has 0 atom stereocenters. The predicted octanol–water partition coefficient (Wildman–Crippen LogP) is 9.84. The van der Waals surface area contributed by atoms with Crippen LogP contribution in [-0.2, 0) is 0 Å². The molecule has 0 fully saturated rings. The Kier molecular flexibility index (Phi) is 5.16. The third kappa shape index (κ3) is 3.61.